The van der Waals surface area contributed by atoms with E-state index < -0.39 is 11.7 Å². The molecule has 4 aromatic heterocycles. The summed E-state index contributed by atoms with van der Waals surface area (Å²) >= 11 is 1.28. The second kappa shape index (κ2) is 8.14. The number of imidazole rings is 1. The number of pyridine rings is 1. The van der Waals surface area contributed by atoms with E-state index in [0.29, 0.717) is 16.4 Å². The van der Waals surface area contributed by atoms with Gasteiger partial charge in [-0.05, 0) is 31.2 Å². The molecular weight excluding hydrogens is 453 g/mol. The molecule has 5 rings (SSSR count). The van der Waals surface area contributed by atoms with Crippen molar-refractivity contribution >= 4 is 28.0 Å². The summed E-state index contributed by atoms with van der Waals surface area (Å²) in [5.41, 5.74) is 4.68. The van der Waals surface area contributed by atoms with Gasteiger partial charge in [0.25, 0.3) is 5.91 Å². The van der Waals surface area contributed by atoms with Crippen LogP contribution in [0.1, 0.15) is 41.8 Å². The number of hydrogen-bond donors (Lipinski definition) is 2. The molecule has 34 heavy (non-hydrogen) atoms. The van der Waals surface area contributed by atoms with Crippen molar-refractivity contribution in [2.24, 2.45) is 0 Å². The number of H-pyrrole nitrogens is 1. The molecule has 2 N–H and O–H groups in total. The number of rotatable bonds is 4. The smallest absolute Gasteiger partial charge is 0.260 e. The van der Waals surface area contributed by atoms with Gasteiger partial charge in [0.1, 0.15) is 16.5 Å². The third-order valence-corrected chi connectivity index (χ3v) is 6.71. The fourth-order valence-electron chi connectivity index (χ4n) is 3.60. The largest absolute Gasteiger partial charge is 0.299 e. The molecule has 0 radical (unpaired) electrons. The van der Waals surface area contributed by atoms with E-state index in [1.807, 2.05) is 50.4 Å². The summed E-state index contributed by atoms with van der Waals surface area (Å²) in [7, 11) is 0. The van der Waals surface area contributed by atoms with Gasteiger partial charge >= 0.3 is 0 Å². The Balaban J connectivity index is 1.44. The first-order chi connectivity index (χ1) is 16.2. The zero-order chi connectivity index (χ0) is 24.0. The van der Waals surface area contributed by atoms with Gasteiger partial charge in [-0.3, -0.25) is 19.6 Å². The maximum absolute atomic E-state index is 15.0. The highest BCUT2D eigenvalue weighted by Crippen LogP contribution is 2.29. The number of anilines is 1. The fraction of sp³-hybridized carbons (Fsp3) is 0.208. The number of carbonyl (C=O) groups is 1. The Morgan fingerprint density at radius 2 is 1.91 bits per heavy atom. The van der Waals surface area contributed by atoms with Gasteiger partial charge in [0.05, 0.1) is 23.7 Å². The van der Waals surface area contributed by atoms with E-state index in [-0.39, 0.29) is 11.0 Å². The first-order valence-corrected chi connectivity index (χ1v) is 11.4. The van der Waals surface area contributed by atoms with E-state index in [9.17, 15) is 4.79 Å². The number of carbonyl (C=O) groups excluding carboxylic acids is 1. The van der Waals surface area contributed by atoms with Gasteiger partial charge in [0.15, 0.2) is 0 Å². The Bertz CT molecular complexity index is 1530. The molecule has 0 aliphatic carbocycles. The van der Waals surface area contributed by atoms with Gasteiger partial charge in [-0.15, -0.1) is 10.2 Å². The molecule has 1 aromatic carbocycles. The molecular formula is C24H22FN7OS. The molecule has 0 fully saturated rings. The molecule has 1 amide bonds. The molecule has 0 spiro atoms. The fourth-order valence-corrected chi connectivity index (χ4v) is 4.39. The average molecular weight is 476 g/mol. The van der Waals surface area contributed by atoms with E-state index in [2.05, 4.69) is 30.7 Å². The number of nitrogens with zero attached hydrogens (tertiary/aromatic N) is 5. The van der Waals surface area contributed by atoms with E-state index >= 15 is 4.39 Å². The van der Waals surface area contributed by atoms with Crippen LogP contribution < -0.4 is 5.32 Å². The first kappa shape index (κ1) is 21.9. The lowest BCUT2D eigenvalue weighted by Crippen LogP contribution is -2.13. The molecule has 8 nitrogen and oxygen atoms in total. The Kier molecular flexibility index (Phi) is 5.24. The predicted octanol–water partition coefficient (Wildman–Crippen LogP) is 5.24. The molecule has 0 unspecified atom stereocenters. The lowest BCUT2D eigenvalue weighted by molar-refractivity contribution is 0.102. The minimum Gasteiger partial charge on any atom is -0.299 e. The summed E-state index contributed by atoms with van der Waals surface area (Å²) in [6, 6.07) is 8.38. The van der Waals surface area contributed by atoms with Gasteiger partial charge in [-0.25, -0.2) is 9.37 Å². The molecule has 0 aliphatic heterocycles. The normalized spacial score (nSPS) is 11.8. The van der Waals surface area contributed by atoms with E-state index in [1.54, 1.807) is 18.5 Å². The van der Waals surface area contributed by atoms with Crippen molar-refractivity contribution in [3.05, 3.63) is 71.0 Å². The van der Waals surface area contributed by atoms with Crippen LogP contribution >= 0.6 is 11.3 Å². The SMILES string of the molecule is Cc1[nH]ncc1-c1ccc2ncc(-c3ccc(C(=O)Nc4nnc(C(C)(C)C)s4)c(F)c3)n2c1. The highest BCUT2D eigenvalue weighted by molar-refractivity contribution is 7.15. The van der Waals surface area contributed by atoms with Gasteiger partial charge < -0.3 is 0 Å². The molecule has 0 bridgehead atoms. The molecule has 4 heterocycles. The third-order valence-electron chi connectivity index (χ3n) is 5.44. The molecule has 0 saturated carbocycles. The van der Waals surface area contributed by atoms with Gasteiger partial charge in [-0.1, -0.05) is 38.2 Å². The van der Waals surface area contributed by atoms with Crippen LogP contribution in [0, 0.1) is 12.7 Å². The number of hydrogen-bond acceptors (Lipinski definition) is 6. The molecule has 172 valence electrons. The summed E-state index contributed by atoms with van der Waals surface area (Å²) in [4.78, 5) is 17.1. The van der Waals surface area contributed by atoms with E-state index in [0.717, 1.165) is 27.5 Å². The number of amides is 1. The Hall–Kier alpha value is -3.92. The van der Waals surface area contributed by atoms with Crippen LogP contribution in [0.15, 0.2) is 48.9 Å². The molecule has 0 aliphatic rings. The van der Waals surface area contributed by atoms with Crippen molar-refractivity contribution < 1.29 is 9.18 Å². The van der Waals surface area contributed by atoms with Crippen LogP contribution in [0.5, 0.6) is 0 Å². The predicted molar refractivity (Wildman–Crippen MR) is 129 cm³/mol. The van der Waals surface area contributed by atoms with E-state index in [1.165, 1.54) is 23.5 Å². The van der Waals surface area contributed by atoms with Crippen molar-refractivity contribution in [2.75, 3.05) is 5.32 Å². The molecule has 0 saturated heterocycles. The lowest BCUT2D eigenvalue weighted by Gasteiger charge is -2.12. The number of fused-ring (bicyclic) bond motifs is 1. The van der Waals surface area contributed by atoms with E-state index in [4.69, 9.17) is 0 Å². The Morgan fingerprint density at radius 3 is 2.59 bits per heavy atom. The number of nitrogens with one attached hydrogen (secondary N) is 2. The quantitative estimate of drug-likeness (QED) is 0.370. The second-order valence-corrected chi connectivity index (χ2v) is 9.99. The topological polar surface area (TPSA) is 101 Å². The Morgan fingerprint density at radius 1 is 1.12 bits per heavy atom. The van der Waals surface area contributed by atoms with Crippen molar-refractivity contribution in [3.63, 3.8) is 0 Å². The number of aryl methyl sites for hydroxylation is 1. The van der Waals surface area contributed by atoms with Gasteiger partial charge in [0.2, 0.25) is 5.13 Å². The monoisotopic (exact) mass is 475 g/mol. The van der Waals surface area contributed by atoms with Crippen molar-refractivity contribution in [2.45, 2.75) is 33.1 Å². The maximum Gasteiger partial charge on any atom is 0.260 e. The highest BCUT2D eigenvalue weighted by Gasteiger charge is 2.21. The molecule has 0 atom stereocenters. The van der Waals surface area contributed by atoms with Crippen LogP contribution in [-0.4, -0.2) is 35.7 Å². The lowest BCUT2D eigenvalue weighted by atomic mass is 9.98. The summed E-state index contributed by atoms with van der Waals surface area (Å²) in [5.74, 6) is -1.20. The summed E-state index contributed by atoms with van der Waals surface area (Å²) in [5, 5.41) is 18.9. The van der Waals surface area contributed by atoms with Gasteiger partial charge in [-0.2, -0.15) is 5.10 Å². The molecule has 10 heteroatoms. The first-order valence-electron chi connectivity index (χ1n) is 10.6. The van der Waals surface area contributed by atoms with Crippen molar-refractivity contribution in [1.29, 1.82) is 0 Å². The summed E-state index contributed by atoms with van der Waals surface area (Å²) < 4.78 is 16.9. The standard InChI is InChI=1S/C24H22FN7OS/c1-13-17(10-27-29-13)15-6-8-20-26-11-19(32(20)12-15)14-5-7-16(18(25)9-14)21(33)28-23-31-30-22(34-23)24(2,3)4/h5-12H,1-4H3,(H,27,29)(H,28,31,33). The minimum absolute atomic E-state index is 0.0696. The van der Waals surface area contributed by atoms with Crippen LogP contribution in [0.3, 0.4) is 0 Å². The highest BCUT2D eigenvalue weighted by atomic mass is 32.1. The Labute approximate surface area is 198 Å². The minimum atomic E-state index is -0.632. The average Bonchev–Trinajstić information content (AvgIpc) is 3.52. The zero-order valence-corrected chi connectivity index (χ0v) is 19.9. The van der Waals surface area contributed by atoms with Gasteiger partial charge in [0, 0.05) is 34.0 Å². The van der Waals surface area contributed by atoms with Crippen LogP contribution in [0.4, 0.5) is 9.52 Å². The number of benzene rings is 1. The number of aromatic amines is 1. The number of aromatic nitrogens is 6. The molecule has 5 aromatic rings. The zero-order valence-electron chi connectivity index (χ0n) is 19.0. The number of halogens is 1. The van der Waals surface area contributed by atoms with Crippen molar-refractivity contribution in [1.82, 2.24) is 29.8 Å². The third kappa shape index (κ3) is 3.96. The van der Waals surface area contributed by atoms with Crippen LogP contribution in [0.2, 0.25) is 0 Å². The van der Waals surface area contributed by atoms with Crippen LogP contribution in [-0.2, 0) is 5.41 Å². The second-order valence-electron chi connectivity index (χ2n) is 9.01. The summed E-state index contributed by atoms with van der Waals surface area (Å²) in [6.07, 6.45) is 5.39. The maximum atomic E-state index is 15.0. The van der Waals surface area contributed by atoms with Crippen molar-refractivity contribution in [3.8, 4) is 22.4 Å². The summed E-state index contributed by atoms with van der Waals surface area (Å²) in [6.45, 7) is 7.98. The van der Waals surface area contributed by atoms with Crippen LogP contribution in [0.25, 0.3) is 28.0 Å².